The second-order valence-electron chi connectivity index (χ2n) is 8.15. The highest BCUT2D eigenvalue weighted by atomic mass is 32.1. The second kappa shape index (κ2) is 9.27. The molecule has 0 unspecified atom stereocenters. The Morgan fingerprint density at radius 3 is 2.59 bits per heavy atom. The molecule has 0 amide bonds. The number of fused-ring (bicyclic) bond motifs is 1. The third-order valence-corrected chi connectivity index (χ3v) is 6.69. The highest BCUT2D eigenvalue weighted by Gasteiger charge is 2.17. The maximum absolute atomic E-state index is 5.69. The average molecular weight is 475 g/mol. The van der Waals surface area contributed by atoms with Crippen molar-refractivity contribution in [2.45, 2.75) is 20.4 Å². The number of thiazole rings is 1. The molecule has 1 aliphatic rings. The van der Waals surface area contributed by atoms with Gasteiger partial charge >= 0.3 is 0 Å². The first-order valence-corrected chi connectivity index (χ1v) is 11.8. The molecule has 0 spiro atoms. The van der Waals surface area contributed by atoms with Crippen molar-refractivity contribution >= 4 is 17.0 Å². The Hall–Kier alpha value is -3.71. The molecular weight excluding hydrogens is 448 g/mol. The Morgan fingerprint density at radius 2 is 1.79 bits per heavy atom. The number of hydrogen-bond acceptors (Lipinski definition) is 6. The fraction of sp³-hybridized carbons (Fsp3) is 0.222. The highest BCUT2D eigenvalue weighted by Crippen LogP contribution is 2.36. The third kappa shape index (κ3) is 4.26. The molecule has 5 rings (SSSR count). The van der Waals surface area contributed by atoms with E-state index in [1.807, 2.05) is 30.3 Å². The van der Waals surface area contributed by atoms with Gasteiger partial charge < -0.3 is 23.5 Å². The summed E-state index contributed by atoms with van der Waals surface area (Å²) in [6, 6.07) is 18.2. The van der Waals surface area contributed by atoms with Crippen LogP contribution < -0.4 is 23.7 Å². The number of methoxy groups -OCH3 is 2. The molecular formula is C27H26N2O4S. The molecule has 0 atom stereocenters. The molecule has 0 radical (unpaired) electrons. The van der Waals surface area contributed by atoms with Crippen LogP contribution in [-0.4, -0.2) is 25.6 Å². The van der Waals surface area contributed by atoms with E-state index < -0.39 is 0 Å². The quantitative estimate of drug-likeness (QED) is 0.351. The highest BCUT2D eigenvalue weighted by molar-refractivity contribution is 7.07. The summed E-state index contributed by atoms with van der Waals surface area (Å²) in [7, 11) is 3.35. The smallest absolute Gasteiger partial charge is 0.231 e. The Labute approximate surface area is 202 Å². The number of aryl methyl sites for hydroxylation is 2. The monoisotopic (exact) mass is 474 g/mol. The average Bonchev–Trinajstić information content (AvgIpc) is 3.47. The molecule has 7 heteroatoms. The lowest BCUT2D eigenvalue weighted by Gasteiger charge is -2.14. The number of hydrogen-bond donors (Lipinski definition) is 0. The molecule has 174 valence electrons. The van der Waals surface area contributed by atoms with Crippen LogP contribution in [0.4, 0.5) is 5.69 Å². The van der Waals surface area contributed by atoms with E-state index in [4.69, 9.17) is 23.9 Å². The zero-order valence-electron chi connectivity index (χ0n) is 19.6. The summed E-state index contributed by atoms with van der Waals surface area (Å²) in [4.78, 5) is 5.94. The van der Waals surface area contributed by atoms with Gasteiger partial charge in [-0.25, -0.2) is 4.99 Å². The predicted octanol–water partition coefficient (Wildman–Crippen LogP) is 5.86. The number of aromatic nitrogens is 1. The van der Waals surface area contributed by atoms with Gasteiger partial charge in [-0.3, -0.25) is 0 Å². The molecule has 6 nitrogen and oxygen atoms in total. The first-order chi connectivity index (χ1) is 16.6. The SMILES string of the molecule is COc1ccc(OC)c(-c2csc(=Nc3ccc(C)cc3C)n2Cc2ccc3c(c2)OCO3)c1. The number of benzene rings is 3. The van der Waals surface area contributed by atoms with Crippen LogP contribution in [0.5, 0.6) is 23.0 Å². The molecule has 3 aromatic carbocycles. The number of nitrogens with zero attached hydrogens (tertiary/aromatic N) is 2. The largest absolute Gasteiger partial charge is 0.497 e. The van der Waals surface area contributed by atoms with Crippen molar-refractivity contribution < 1.29 is 18.9 Å². The molecule has 2 heterocycles. The lowest BCUT2D eigenvalue weighted by molar-refractivity contribution is 0.174. The van der Waals surface area contributed by atoms with E-state index in [0.717, 1.165) is 55.9 Å². The van der Waals surface area contributed by atoms with Crippen LogP contribution in [0.3, 0.4) is 0 Å². The van der Waals surface area contributed by atoms with Crippen molar-refractivity contribution in [3.63, 3.8) is 0 Å². The zero-order valence-corrected chi connectivity index (χ0v) is 20.4. The Morgan fingerprint density at radius 1 is 0.941 bits per heavy atom. The van der Waals surface area contributed by atoms with Gasteiger partial charge in [0.05, 0.1) is 32.1 Å². The Kier molecular flexibility index (Phi) is 6.02. The van der Waals surface area contributed by atoms with Crippen molar-refractivity contribution in [2.75, 3.05) is 21.0 Å². The van der Waals surface area contributed by atoms with Crippen LogP contribution in [0.1, 0.15) is 16.7 Å². The topological polar surface area (TPSA) is 54.2 Å². The lowest BCUT2D eigenvalue weighted by atomic mass is 10.1. The van der Waals surface area contributed by atoms with Crippen molar-refractivity contribution in [1.82, 2.24) is 4.57 Å². The maximum Gasteiger partial charge on any atom is 0.231 e. The summed E-state index contributed by atoms with van der Waals surface area (Å²) >= 11 is 1.60. The lowest BCUT2D eigenvalue weighted by Crippen LogP contribution is -2.17. The van der Waals surface area contributed by atoms with E-state index in [-0.39, 0.29) is 6.79 Å². The third-order valence-electron chi connectivity index (χ3n) is 5.83. The van der Waals surface area contributed by atoms with Crippen LogP contribution in [0.15, 0.2) is 65.0 Å². The molecule has 1 aliphatic heterocycles. The summed E-state index contributed by atoms with van der Waals surface area (Å²) < 4.78 is 24.5. The van der Waals surface area contributed by atoms with Gasteiger partial charge in [0.2, 0.25) is 6.79 Å². The molecule has 0 aliphatic carbocycles. The van der Waals surface area contributed by atoms with Gasteiger partial charge in [0.25, 0.3) is 0 Å². The summed E-state index contributed by atoms with van der Waals surface area (Å²) in [5, 5.41) is 2.12. The van der Waals surface area contributed by atoms with Gasteiger partial charge in [-0.05, 0) is 61.4 Å². The van der Waals surface area contributed by atoms with Crippen molar-refractivity contribution in [2.24, 2.45) is 4.99 Å². The first kappa shape index (κ1) is 22.1. The summed E-state index contributed by atoms with van der Waals surface area (Å²) in [6.07, 6.45) is 0. The minimum Gasteiger partial charge on any atom is -0.497 e. The molecule has 0 bridgehead atoms. The van der Waals surface area contributed by atoms with Gasteiger partial charge in [0, 0.05) is 10.9 Å². The van der Waals surface area contributed by atoms with Crippen LogP contribution >= 0.6 is 11.3 Å². The summed E-state index contributed by atoms with van der Waals surface area (Å²) in [5.41, 5.74) is 6.35. The molecule has 1 aromatic heterocycles. The number of ether oxygens (including phenoxy) is 4. The summed E-state index contributed by atoms with van der Waals surface area (Å²) in [5.74, 6) is 3.08. The Balaban J connectivity index is 1.68. The molecule has 0 N–H and O–H groups in total. The van der Waals surface area contributed by atoms with Crippen LogP contribution in [0.25, 0.3) is 11.3 Å². The normalized spacial score (nSPS) is 12.8. The van der Waals surface area contributed by atoms with Crippen LogP contribution in [-0.2, 0) is 6.54 Å². The van der Waals surface area contributed by atoms with E-state index in [9.17, 15) is 0 Å². The molecule has 34 heavy (non-hydrogen) atoms. The molecule has 0 saturated heterocycles. The summed E-state index contributed by atoms with van der Waals surface area (Å²) in [6.45, 7) is 5.05. The van der Waals surface area contributed by atoms with Gasteiger partial charge in [0.15, 0.2) is 16.3 Å². The fourth-order valence-electron chi connectivity index (χ4n) is 4.06. The second-order valence-corrected chi connectivity index (χ2v) is 8.98. The molecule has 0 fully saturated rings. The van der Waals surface area contributed by atoms with Crippen LogP contribution in [0.2, 0.25) is 0 Å². The number of rotatable bonds is 6. The Bertz CT molecular complexity index is 1420. The van der Waals surface area contributed by atoms with E-state index in [1.54, 1.807) is 25.6 Å². The van der Waals surface area contributed by atoms with Crippen molar-refractivity contribution in [1.29, 1.82) is 0 Å². The van der Waals surface area contributed by atoms with Gasteiger partial charge in [-0.1, -0.05) is 23.8 Å². The zero-order chi connectivity index (χ0) is 23.7. The first-order valence-electron chi connectivity index (χ1n) is 11.0. The maximum atomic E-state index is 5.69. The van der Waals surface area contributed by atoms with Crippen LogP contribution in [0, 0.1) is 13.8 Å². The molecule has 4 aromatic rings. The van der Waals surface area contributed by atoms with Crippen molar-refractivity contribution in [3.8, 4) is 34.3 Å². The molecule has 0 saturated carbocycles. The predicted molar refractivity (Wildman–Crippen MR) is 134 cm³/mol. The van der Waals surface area contributed by atoms with E-state index in [1.165, 1.54) is 5.56 Å². The minimum atomic E-state index is 0.254. The fourth-order valence-corrected chi connectivity index (χ4v) is 4.97. The van der Waals surface area contributed by atoms with E-state index in [2.05, 4.69) is 48.1 Å². The standard InChI is InChI=1S/C27H26N2O4S/c1-17-5-8-22(18(2)11-17)28-27-29(14-19-6-9-25-26(12-19)33-16-32-25)23(15-34-27)21-13-20(30-3)7-10-24(21)31-4/h5-13,15H,14,16H2,1-4H3. The van der Waals surface area contributed by atoms with Crippen molar-refractivity contribution in [3.05, 3.63) is 81.5 Å². The minimum absolute atomic E-state index is 0.254. The van der Waals surface area contributed by atoms with Gasteiger partial charge in [0.1, 0.15) is 11.5 Å². The van der Waals surface area contributed by atoms with E-state index >= 15 is 0 Å². The van der Waals surface area contributed by atoms with E-state index in [0.29, 0.717) is 6.54 Å². The van der Waals surface area contributed by atoms with Gasteiger partial charge in [-0.15, -0.1) is 11.3 Å². The van der Waals surface area contributed by atoms with Gasteiger partial charge in [-0.2, -0.15) is 0 Å².